The Morgan fingerprint density at radius 3 is 2.80 bits per heavy atom. The summed E-state index contributed by atoms with van der Waals surface area (Å²) >= 11 is 1.73. The summed E-state index contributed by atoms with van der Waals surface area (Å²) in [7, 11) is 1.90. The standard InChI is InChI=1S/C11H17N3S/c1-5-8(2)7-15-11-10(6-12)9(3)13-14(11)4/h8H,5,7H2,1-4H3. The fourth-order valence-corrected chi connectivity index (χ4v) is 2.51. The summed E-state index contributed by atoms with van der Waals surface area (Å²) in [6.45, 7) is 6.29. The molecule has 0 fully saturated rings. The summed E-state index contributed by atoms with van der Waals surface area (Å²) in [6.07, 6.45) is 1.17. The van der Waals surface area contributed by atoms with E-state index in [1.54, 1.807) is 16.4 Å². The molecule has 0 bridgehead atoms. The third kappa shape index (κ3) is 2.75. The van der Waals surface area contributed by atoms with Crippen molar-refractivity contribution in [3.05, 3.63) is 11.3 Å². The number of rotatable bonds is 4. The van der Waals surface area contributed by atoms with Crippen LogP contribution in [0.25, 0.3) is 0 Å². The first-order chi connectivity index (χ1) is 7.10. The molecule has 1 rings (SSSR count). The molecular weight excluding hydrogens is 206 g/mol. The molecule has 0 amide bonds. The molecule has 82 valence electrons. The van der Waals surface area contributed by atoms with Gasteiger partial charge in [-0.05, 0) is 12.8 Å². The van der Waals surface area contributed by atoms with Crippen LogP contribution in [-0.4, -0.2) is 15.5 Å². The van der Waals surface area contributed by atoms with E-state index >= 15 is 0 Å². The van der Waals surface area contributed by atoms with Crippen LogP contribution in [0.2, 0.25) is 0 Å². The smallest absolute Gasteiger partial charge is 0.112 e. The number of hydrogen-bond donors (Lipinski definition) is 0. The molecule has 1 atom stereocenters. The Morgan fingerprint density at radius 1 is 1.60 bits per heavy atom. The molecule has 0 spiro atoms. The van der Waals surface area contributed by atoms with Crippen molar-refractivity contribution >= 4 is 11.8 Å². The normalized spacial score (nSPS) is 12.5. The Kier molecular flexibility index (Phi) is 4.22. The van der Waals surface area contributed by atoms with Gasteiger partial charge in [0.25, 0.3) is 0 Å². The summed E-state index contributed by atoms with van der Waals surface area (Å²) in [6, 6.07) is 2.22. The molecule has 1 aromatic heterocycles. The zero-order chi connectivity index (χ0) is 11.4. The lowest BCUT2D eigenvalue weighted by Gasteiger charge is -2.07. The second-order valence-electron chi connectivity index (χ2n) is 3.83. The molecule has 1 heterocycles. The van der Waals surface area contributed by atoms with Gasteiger partial charge in [0, 0.05) is 12.8 Å². The fourth-order valence-electron chi connectivity index (χ4n) is 1.27. The number of nitriles is 1. The highest BCUT2D eigenvalue weighted by molar-refractivity contribution is 7.99. The monoisotopic (exact) mass is 223 g/mol. The Bertz CT molecular complexity index is 376. The Morgan fingerprint density at radius 2 is 2.27 bits per heavy atom. The maximum atomic E-state index is 9.02. The number of aromatic nitrogens is 2. The third-order valence-electron chi connectivity index (χ3n) is 2.48. The van der Waals surface area contributed by atoms with E-state index in [4.69, 9.17) is 5.26 Å². The fraction of sp³-hybridized carbons (Fsp3) is 0.636. The molecule has 1 aromatic rings. The zero-order valence-corrected chi connectivity index (χ0v) is 10.6. The molecule has 0 saturated carbocycles. The molecule has 0 aliphatic rings. The van der Waals surface area contributed by atoms with Crippen molar-refractivity contribution in [2.24, 2.45) is 13.0 Å². The van der Waals surface area contributed by atoms with E-state index in [1.165, 1.54) is 6.42 Å². The van der Waals surface area contributed by atoms with Gasteiger partial charge in [-0.15, -0.1) is 11.8 Å². The minimum Gasteiger partial charge on any atom is -0.260 e. The zero-order valence-electron chi connectivity index (χ0n) is 9.74. The van der Waals surface area contributed by atoms with Crippen LogP contribution in [0.15, 0.2) is 5.03 Å². The van der Waals surface area contributed by atoms with Gasteiger partial charge < -0.3 is 0 Å². The van der Waals surface area contributed by atoms with E-state index in [1.807, 2.05) is 14.0 Å². The second-order valence-corrected chi connectivity index (χ2v) is 4.83. The topological polar surface area (TPSA) is 41.6 Å². The molecule has 15 heavy (non-hydrogen) atoms. The second kappa shape index (κ2) is 5.22. The van der Waals surface area contributed by atoms with Gasteiger partial charge in [0.05, 0.1) is 5.69 Å². The van der Waals surface area contributed by atoms with Crippen LogP contribution < -0.4 is 0 Å². The van der Waals surface area contributed by atoms with Gasteiger partial charge in [0.15, 0.2) is 0 Å². The third-order valence-corrected chi connectivity index (χ3v) is 3.96. The van der Waals surface area contributed by atoms with Crippen molar-refractivity contribution in [3.63, 3.8) is 0 Å². The number of hydrogen-bond acceptors (Lipinski definition) is 3. The molecule has 0 radical (unpaired) electrons. The molecule has 0 saturated heterocycles. The van der Waals surface area contributed by atoms with Crippen LogP contribution in [0.3, 0.4) is 0 Å². The van der Waals surface area contributed by atoms with Crippen LogP contribution in [0.5, 0.6) is 0 Å². The van der Waals surface area contributed by atoms with Crippen LogP contribution in [0, 0.1) is 24.2 Å². The highest BCUT2D eigenvalue weighted by atomic mass is 32.2. The van der Waals surface area contributed by atoms with Gasteiger partial charge >= 0.3 is 0 Å². The van der Waals surface area contributed by atoms with E-state index in [2.05, 4.69) is 25.0 Å². The lowest BCUT2D eigenvalue weighted by molar-refractivity contribution is 0.633. The first-order valence-electron chi connectivity index (χ1n) is 5.16. The average Bonchev–Trinajstić information content (AvgIpc) is 2.49. The lowest BCUT2D eigenvalue weighted by Crippen LogP contribution is -1.99. The molecule has 0 aliphatic heterocycles. The largest absolute Gasteiger partial charge is 0.260 e. The van der Waals surface area contributed by atoms with E-state index in [0.717, 1.165) is 22.0 Å². The highest BCUT2D eigenvalue weighted by Crippen LogP contribution is 2.26. The minimum absolute atomic E-state index is 0.678. The maximum Gasteiger partial charge on any atom is 0.112 e. The summed E-state index contributed by atoms with van der Waals surface area (Å²) < 4.78 is 1.81. The van der Waals surface area contributed by atoms with Crippen molar-refractivity contribution in [1.29, 1.82) is 5.26 Å². The van der Waals surface area contributed by atoms with Gasteiger partial charge in [-0.25, -0.2) is 0 Å². The van der Waals surface area contributed by atoms with Gasteiger partial charge in [-0.2, -0.15) is 10.4 Å². The van der Waals surface area contributed by atoms with E-state index in [0.29, 0.717) is 5.92 Å². The maximum absolute atomic E-state index is 9.02. The predicted octanol–water partition coefficient (Wildman–Crippen LogP) is 2.74. The lowest BCUT2D eigenvalue weighted by atomic mass is 10.2. The Labute approximate surface area is 95.5 Å². The van der Waals surface area contributed by atoms with Gasteiger partial charge in [-0.1, -0.05) is 20.3 Å². The predicted molar refractivity (Wildman–Crippen MR) is 62.8 cm³/mol. The summed E-state index contributed by atoms with van der Waals surface area (Å²) in [5.41, 5.74) is 1.55. The number of aryl methyl sites for hydroxylation is 2. The average molecular weight is 223 g/mol. The van der Waals surface area contributed by atoms with Crippen LogP contribution in [0.1, 0.15) is 31.5 Å². The quantitative estimate of drug-likeness (QED) is 0.737. The van der Waals surface area contributed by atoms with Crippen molar-refractivity contribution in [1.82, 2.24) is 9.78 Å². The van der Waals surface area contributed by atoms with Crippen molar-refractivity contribution < 1.29 is 0 Å². The first-order valence-corrected chi connectivity index (χ1v) is 6.15. The molecule has 1 unspecified atom stereocenters. The first kappa shape index (κ1) is 12.1. The van der Waals surface area contributed by atoms with Gasteiger partial charge in [-0.3, -0.25) is 4.68 Å². The highest BCUT2D eigenvalue weighted by Gasteiger charge is 2.13. The van der Waals surface area contributed by atoms with Gasteiger partial charge in [0.1, 0.15) is 16.7 Å². The van der Waals surface area contributed by atoms with Gasteiger partial charge in [0.2, 0.25) is 0 Å². The van der Waals surface area contributed by atoms with Crippen LogP contribution in [-0.2, 0) is 7.05 Å². The molecule has 0 aliphatic carbocycles. The minimum atomic E-state index is 0.678. The van der Waals surface area contributed by atoms with Crippen LogP contribution in [0.4, 0.5) is 0 Å². The summed E-state index contributed by atoms with van der Waals surface area (Å²) in [5.74, 6) is 1.72. The molecule has 0 N–H and O–H groups in total. The van der Waals surface area contributed by atoms with E-state index in [9.17, 15) is 0 Å². The van der Waals surface area contributed by atoms with Crippen molar-refractivity contribution in [3.8, 4) is 6.07 Å². The van der Waals surface area contributed by atoms with Crippen molar-refractivity contribution in [2.75, 3.05) is 5.75 Å². The van der Waals surface area contributed by atoms with Crippen LogP contribution >= 0.6 is 11.8 Å². The molecular formula is C11H17N3S. The van der Waals surface area contributed by atoms with Crippen molar-refractivity contribution in [2.45, 2.75) is 32.2 Å². The molecule has 3 nitrogen and oxygen atoms in total. The summed E-state index contributed by atoms with van der Waals surface area (Å²) in [4.78, 5) is 0. The summed E-state index contributed by atoms with van der Waals surface area (Å²) in [5, 5.41) is 14.3. The Balaban J connectivity index is 2.81. The molecule has 4 heteroatoms. The molecule has 0 aromatic carbocycles. The van der Waals surface area contributed by atoms with E-state index in [-0.39, 0.29) is 0 Å². The number of thioether (sulfide) groups is 1. The SMILES string of the molecule is CCC(C)CSc1c(C#N)c(C)nn1C. The Hall–Kier alpha value is -0.950. The van der Waals surface area contributed by atoms with E-state index < -0.39 is 0 Å². The number of nitrogens with zero attached hydrogens (tertiary/aromatic N) is 3.